The summed E-state index contributed by atoms with van der Waals surface area (Å²) >= 11 is 12.2. The first-order valence-electron chi connectivity index (χ1n) is 14.7. The Balaban J connectivity index is 1.35. The van der Waals surface area contributed by atoms with Gasteiger partial charge in [-0.15, -0.1) is 0 Å². The molecule has 0 spiro atoms. The molecule has 2 aromatic carbocycles. The van der Waals surface area contributed by atoms with Crippen molar-refractivity contribution in [2.75, 3.05) is 13.2 Å². The lowest BCUT2D eigenvalue weighted by Gasteiger charge is -2.43. The van der Waals surface area contributed by atoms with E-state index in [0.717, 1.165) is 5.01 Å². The van der Waals surface area contributed by atoms with Gasteiger partial charge < -0.3 is 24.9 Å². The van der Waals surface area contributed by atoms with Crippen molar-refractivity contribution in [3.05, 3.63) is 87.8 Å². The van der Waals surface area contributed by atoms with E-state index in [1.807, 2.05) is 0 Å². The molecule has 0 saturated carbocycles. The summed E-state index contributed by atoms with van der Waals surface area (Å²) in [5.41, 5.74) is 0.442. The SMILES string of the molecule is O=C(N[C@H]1CCC(=O)N2CCCC(C(=O)N[C@@H](Cc3ccc(O)cc3)C(=O)COC(=O)c3c(Cl)cccc3Cl)N2C1=O)c1ccco1. The maximum atomic E-state index is 13.9. The Morgan fingerprint density at radius 3 is 2.40 bits per heavy atom. The van der Waals surface area contributed by atoms with Gasteiger partial charge in [0.1, 0.15) is 17.8 Å². The molecule has 3 heterocycles. The Kier molecular flexibility index (Phi) is 10.5. The van der Waals surface area contributed by atoms with Gasteiger partial charge in [-0.05, 0) is 67.6 Å². The zero-order chi connectivity index (χ0) is 33.7. The average Bonchev–Trinajstić information content (AvgIpc) is 3.57. The molecule has 0 aliphatic carbocycles. The number of Topliss-reactive ketones (excluding diaryl/α,β-unsaturated/α-hetero) is 1. The quantitative estimate of drug-likeness (QED) is 0.271. The predicted molar refractivity (Wildman–Crippen MR) is 166 cm³/mol. The number of carbonyl (C=O) groups is 6. The number of benzene rings is 2. The van der Waals surface area contributed by atoms with Gasteiger partial charge >= 0.3 is 5.97 Å². The molecule has 2 saturated heterocycles. The van der Waals surface area contributed by atoms with Crippen molar-refractivity contribution in [1.82, 2.24) is 20.7 Å². The molecule has 15 heteroatoms. The van der Waals surface area contributed by atoms with Crippen molar-refractivity contribution in [2.24, 2.45) is 0 Å². The highest BCUT2D eigenvalue weighted by molar-refractivity contribution is 6.39. The number of fused-ring (bicyclic) bond motifs is 1. The van der Waals surface area contributed by atoms with Gasteiger partial charge in [0.15, 0.2) is 18.2 Å². The predicted octanol–water partition coefficient (Wildman–Crippen LogP) is 3.07. The Morgan fingerprint density at radius 2 is 1.72 bits per heavy atom. The molecule has 3 N–H and O–H groups in total. The van der Waals surface area contributed by atoms with E-state index < -0.39 is 60.1 Å². The number of hydrazine groups is 1. The smallest absolute Gasteiger partial charge is 0.341 e. The number of amides is 4. The van der Waals surface area contributed by atoms with Crippen molar-refractivity contribution < 1.29 is 43.0 Å². The molecular weight excluding hydrogens is 655 g/mol. The molecule has 5 rings (SSSR count). The second kappa shape index (κ2) is 14.7. The summed E-state index contributed by atoms with van der Waals surface area (Å²) in [6, 6.07) is 9.74. The summed E-state index contributed by atoms with van der Waals surface area (Å²) in [4.78, 5) is 79.6. The van der Waals surface area contributed by atoms with Crippen LogP contribution in [-0.2, 0) is 30.3 Å². The number of carbonyl (C=O) groups excluding carboxylic acids is 6. The first-order chi connectivity index (χ1) is 22.5. The Hall–Kier alpha value is -4.88. The van der Waals surface area contributed by atoms with E-state index in [0.29, 0.717) is 12.0 Å². The molecule has 2 aliphatic heterocycles. The van der Waals surface area contributed by atoms with Crippen LogP contribution in [0.25, 0.3) is 0 Å². The van der Waals surface area contributed by atoms with Gasteiger partial charge in [0.05, 0.1) is 27.9 Å². The van der Waals surface area contributed by atoms with Crippen molar-refractivity contribution >= 4 is 58.6 Å². The summed E-state index contributed by atoms with van der Waals surface area (Å²) < 4.78 is 10.3. The molecule has 0 bridgehead atoms. The lowest BCUT2D eigenvalue weighted by Crippen LogP contribution is -2.64. The van der Waals surface area contributed by atoms with Gasteiger partial charge in [0.25, 0.3) is 11.8 Å². The van der Waals surface area contributed by atoms with E-state index >= 15 is 0 Å². The fourth-order valence-corrected chi connectivity index (χ4v) is 5.98. The van der Waals surface area contributed by atoms with Crippen LogP contribution in [-0.4, -0.2) is 81.8 Å². The number of rotatable bonds is 10. The second-order valence-corrected chi connectivity index (χ2v) is 11.8. The minimum Gasteiger partial charge on any atom is -0.508 e. The van der Waals surface area contributed by atoms with Gasteiger partial charge in [0, 0.05) is 13.0 Å². The molecule has 1 unspecified atom stereocenters. The largest absolute Gasteiger partial charge is 0.508 e. The van der Waals surface area contributed by atoms with Crippen molar-refractivity contribution in [1.29, 1.82) is 0 Å². The Labute approximate surface area is 278 Å². The maximum absolute atomic E-state index is 13.9. The second-order valence-electron chi connectivity index (χ2n) is 11.0. The highest BCUT2D eigenvalue weighted by atomic mass is 35.5. The Morgan fingerprint density at radius 1 is 1.00 bits per heavy atom. The summed E-state index contributed by atoms with van der Waals surface area (Å²) in [6.45, 7) is -0.564. The molecule has 3 atom stereocenters. The number of ether oxygens (including phenoxy) is 1. The van der Waals surface area contributed by atoms with Crippen LogP contribution >= 0.6 is 23.2 Å². The van der Waals surface area contributed by atoms with Crippen molar-refractivity contribution in [2.45, 2.75) is 50.2 Å². The van der Waals surface area contributed by atoms with Gasteiger partial charge in [-0.25, -0.2) is 9.80 Å². The minimum absolute atomic E-state index is 0.00783. The van der Waals surface area contributed by atoms with Gasteiger partial charge in [-0.2, -0.15) is 0 Å². The fraction of sp³-hybridized carbons (Fsp3) is 0.312. The number of halogens is 2. The first-order valence-corrected chi connectivity index (χ1v) is 15.5. The van der Waals surface area contributed by atoms with Gasteiger partial charge in [-0.1, -0.05) is 41.4 Å². The minimum atomic E-state index is -1.25. The first kappa shape index (κ1) is 33.5. The third-order valence-electron chi connectivity index (χ3n) is 7.81. The number of phenols is 1. The fourth-order valence-electron chi connectivity index (χ4n) is 5.43. The van der Waals surface area contributed by atoms with Crippen LogP contribution in [0, 0.1) is 0 Å². The molecule has 4 amide bonds. The highest BCUT2D eigenvalue weighted by Crippen LogP contribution is 2.27. The van der Waals surface area contributed by atoms with Crippen LogP contribution in [0.3, 0.4) is 0 Å². The van der Waals surface area contributed by atoms with Crippen LogP contribution in [0.5, 0.6) is 5.75 Å². The van der Waals surface area contributed by atoms with Crippen LogP contribution in [0.1, 0.15) is 52.2 Å². The number of nitrogens with zero attached hydrogens (tertiary/aromatic N) is 2. The lowest BCUT2D eigenvalue weighted by molar-refractivity contribution is -0.176. The van der Waals surface area contributed by atoms with E-state index in [9.17, 15) is 33.9 Å². The van der Waals surface area contributed by atoms with E-state index in [2.05, 4.69) is 10.6 Å². The van der Waals surface area contributed by atoms with E-state index in [1.54, 1.807) is 18.2 Å². The third kappa shape index (κ3) is 7.75. The summed E-state index contributed by atoms with van der Waals surface area (Å²) in [7, 11) is 0. The number of hydrogen-bond acceptors (Lipinski definition) is 9. The van der Waals surface area contributed by atoms with Gasteiger partial charge in [0.2, 0.25) is 11.8 Å². The van der Waals surface area contributed by atoms with E-state index in [-0.39, 0.29) is 59.3 Å². The summed E-state index contributed by atoms with van der Waals surface area (Å²) in [5, 5.41) is 17.3. The molecule has 246 valence electrons. The van der Waals surface area contributed by atoms with Crippen LogP contribution in [0.2, 0.25) is 10.0 Å². The van der Waals surface area contributed by atoms with Gasteiger partial charge in [-0.3, -0.25) is 29.0 Å². The molecule has 3 aromatic rings. The number of ketones is 1. The zero-order valence-corrected chi connectivity index (χ0v) is 26.3. The van der Waals surface area contributed by atoms with E-state index in [4.69, 9.17) is 32.4 Å². The molecule has 2 fully saturated rings. The maximum Gasteiger partial charge on any atom is 0.341 e. The van der Waals surface area contributed by atoms with Crippen LogP contribution in [0.4, 0.5) is 0 Å². The Bertz CT molecular complexity index is 1660. The molecular formula is C32H30Cl2N4O9. The lowest BCUT2D eigenvalue weighted by atomic mass is 10.0. The monoisotopic (exact) mass is 684 g/mol. The zero-order valence-electron chi connectivity index (χ0n) is 24.8. The molecule has 2 aliphatic rings. The normalized spacial score (nSPS) is 18.5. The molecule has 47 heavy (non-hydrogen) atoms. The summed E-state index contributed by atoms with van der Waals surface area (Å²) in [6.07, 6.45) is 1.77. The number of esters is 1. The molecule has 13 nitrogen and oxygen atoms in total. The third-order valence-corrected chi connectivity index (χ3v) is 8.44. The highest BCUT2D eigenvalue weighted by Gasteiger charge is 2.45. The average molecular weight is 686 g/mol. The number of phenolic OH excluding ortho intramolecular Hbond substituents is 1. The number of aromatic hydroxyl groups is 1. The number of hydrogen-bond donors (Lipinski definition) is 3. The molecule has 1 aromatic heterocycles. The van der Waals surface area contributed by atoms with Crippen molar-refractivity contribution in [3.8, 4) is 5.75 Å². The van der Waals surface area contributed by atoms with Crippen LogP contribution < -0.4 is 10.6 Å². The van der Waals surface area contributed by atoms with Crippen molar-refractivity contribution in [3.63, 3.8) is 0 Å². The summed E-state index contributed by atoms with van der Waals surface area (Å²) in [5.74, 6) is -4.10. The number of nitrogens with one attached hydrogen (secondary N) is 2. The van der Waals surface area contributed by atoms with Crippen LogP contribution in [0.15, 0.2) is 65.3 Å². The molecule has 0 radical (unpaired) electrons. The standard InChI is InChI=1S/C32H30Cl2N4O9/c33-20-4-1-5-21(34)28(20)32(45)47-17-25(40)23(16-18-8-10-19(39)11-9-18)36-29(42)24-6-2-14-37-27(41)13-12-22(31(44)38(24)37)35-30(43)26-7-3-15-46-26/h1,3-5,7-11,15,22-24,39H,2,6,12-14,16-17H2,(H,35,43)(H,36,42)/t22-,23-,24?/m0/s1. The number of furan rings is 1. The van der Waals surface area contributed by atoms with E-state index in [1.165, 1.54) is 47.7 Å². The topological polar surface area (TPSA) is 176 Å².